The van der Waals surface area contributed by atoms with Gasteiger partial charge in [0.1, 0.15) is 5.69 Å². The number of carboxylic acids is 1. The van der Waals surface area contributed by atoms with Crippen LogP contribution in [0.2, 0.25) is 0 Å². The smallest absolute Gasteiger partial charge is 0.354 e. The van der Waals surface area contributed by atoms with Crippen molar-refractivity contribution in [1.29, 1.82) is 0 Å². The Labute approximate surface area is 99.8 Å². The van der Waals surface area contributed by atoms with Crippen LogP contribution >= 0.6 is 0 Å². The quantitative estimate of drug-likeness (QED) is 0.831. The highest BCUT2D eigenvalue weighted by molar-refractivity contribution is 5.85. The molecule has 1 atom stereocenters. The molecule has 5 nitrogen and oxygen atoms in total. The molecule has 0 amide bonds. The highest BCUT2D eigenvalue weighted by Gasteiger charge is 2.13. The highest BCUT2D eigenvalue weighted by Crippen LogP contribution is 2.15. The van der Waals surface area contributed by atoms with Crippen molar-refractivity contribution in [2.75, 3.05) is 25.1 Å². The van der Waals surface area contributed by atoms with Gasteiger partial charge in [-0.2, -0.15) is 0 Å². The van der Waals surface area contributed by atoms with E-state index in [9.17, 15) is 4.79 Å². The molecule has 2 heterocycles. The van der Waals surface area contributed by atoms with E-state index in [4.69, 9.17) is 9.84 Å². The molecule has 0 aliphatic carbocycles. The summed E-state index contributed by atoms with van der Waals surface area (Å²) in [4.78, 5) is 14.5. The molecule has 1 aliphatic heterocycles. The Morgan fingerprint density at radius 2 is 2.47 bits per heavy atom. The van der Waals surface area contributed by atoms with Crippen molar-refractivity contribution in [3.8, 4) is 0 Å². The fourth-order valence-electron chi connectivity index (χ4n) is 1.86. The third-order valence-electron chi connectivity index (χ3n) is 2.83. The number of hydrogen-bond acceptors (Lipinski definition) is 4. The zero-order valence-electron chi connectivity index (χ0n) is 9.56. The van der Waals surface area contributed by atoms with Crippen LogP contribution in [-0.2, 0) is 4.74 Å². The van der Waals surface area contributed by atoms with Gasteiger partial charge in [0, 0.05) is 13.2 Å². The molecule has 1 saturated heterocycles. The van der Waals surface area contributed by atoms with E-state index in [0.717, 1.165) is 31.9 Å². The van der Waals surface area contributed by atoms with Crippen LogP contribution in [0.15, 0.2) is 18.3 Å². The van der Waals surface area contributed by atoms with Gasteiger partial charge in [-0.3, -0.25) is 0 Å². The lowest BCUT2D eigenvalue weighted by Crippen LogP contribution is -2.24. The topological polar surface area (TPSA) is 71.5 Å². The van der Waals surface area contributed by atoms with E-state index >= 15 is 0 Å². The third-order valence-corrected chi connectivity index (χ3v) is 2.83. The predicted octanol–water partition coefficient (Wildman–Crippen LogP) is 1.62. The fourth-order valence-corrected chi connectivity index (χ4v) is 1.86. The van der Waals surface area contributed by atoms with Crippen molar-refractivity contribution in [3.05, 3.63) is 24.0 Å². The van der Waals surface area contributed by atoms with Crippen LogP contribution < -0.4 is 5.32 Å². The van der Waals surface area contributed by atoms with E-state index in [1.807, 2.05) is 0 Å². The van der Waals surface area contributed by atoms with E-state index in [0.29, 0.717) is 5.92 Å². The number of aromatic nitrogens is 1. The molecule has 1 unspecified atom stereocenters. The van der Waals surface area contributed by atoms with Gasteiger partial charge < -0.3 is 15.2 Å². The molecular weight excluding hydrogens is 220 g/mol. The Morgan fingerprint density at radius 3 is 3.06 bits per heavy atom. The Kier molecular flexibility index (Phi) is 3.93. The lowest BCUT2D eigenvalue weighted by Gasteiger charge is -2.22. The predicted molar refractivity (Wildman–Crippen MR) is 63.2 cm³/mol. The molecule has 0 bridgehead atoms. The Bertz CT molecular complexity index is 372. The molecular formula is C12H16N2O3. The summed E-state index contributed by atoms with van der Waals surface area (Å²) >= 11 is 0. The van der Waals surface area contributed by atoms with Crippen molar-refractivity contribution < 1.29 is 14.6 Å². The summed E-state index contributed by atoms with van der Waals surface area (Å²) in [6.07, 6.45) is 3.84. The molecule has 2 rings (SSSR count). The number of aromatic carboxylic acids is 1. The summed E-state index contributed by atoms with van der Waals surface area (Å²) in [6.45, 7) is 2.51. The molecule has 0 radical (unpaired) electrons. The van der Waals surface area contributed by atoms with Crippen LogP contribution in [0.5, 0.6) is 0 Å². The van der Waals surface area contributed by atoms with Gasteiger partial charge in [-0.15, -0.1) is 0 Å². The molecule has 17 heavy (non-hydrogen) atoms. The van der Waals surface area contributed by atoms with Gasteiger partial charge >= 0.3 is 5.97 Å². The number of nitrogens with zero attached hydrogens (tertiary/aromatic N) is 1. The lowest BCUT2D eigenvalue weighted by atomic mass is 10.0. The standard InChI is InChI=1S/C12H16N2O3/c15-12(16)11-4-3-10(7-14-11)13-6-9-2-1-5-17-8-9/h3-4,7,9,13H,1-2,5-6,8H2,(H,15,16). The number of nitrogens with one attached hydrogen (secondary N) is 1. The number of hydrogen-bond donors (Lipinski definition) is 2. The van der Waals surface area contributed by atoms with Crippen LogP contribution in [-0.4, -0.2) is 35.8 Å². The van der Waals surface area contributed by atoms with Crippen molar-refractivity contribution in [3.63, 3.8) is 0 Å². The van der Waals surface area contributed by atoms with E-state index in [-0.39, 0.29) is 5.69 Å². The SMILES string of the molecule is O=C(O)c1ccc(NCC2CCCOC2)cn1. The fraction of sp³-hybridized carbons (Fsp3) is 0.500. The van der Waals surface area contributed by atoms with Crippen LogP contribution in [0, 0.1) is 5.92 Å². The second-order valence-electron chi connectivity index (χ2n) is 4.20. The number of rotatable bonds is 4. The summed E-state index contributed by atoms with van der Waals surface area (Å²) in [6, 6.07) is 3.24. The monoisotopic (exact) mass is 236 g/mol. The maximum atomic E-state index is 10.6. The number of anilines is 1. The van der Waals surface area contributed by atoms with E-state index in [1.54, 1.807) is 12.3 Å². The summed E-state index contributed by atoms with van der Waals surface area (Å²) in [5, 5.41) is 12.0. The van der Waals surface area contributed by atoms with E-state index in [1.165, 1.54) is 12.5 Å². The molecule has 1 aliphatic rings. The Balaban J connectivity index is 1.84. The van der Waals surface area contributed by atoms with Gasteiger partial charge in [-0.25, -0.2) is 9.78 Å². The van der Waals surface area contributed by atoms with Crippen LogP contribution in [0.4, 0.5) is 5.69 Å². The first-order valence-electron chi connectivity index (χ1n) is 5.76. The van der Waals surface area contributed by atoms with Crippen molar-refractivity contribution in [2.24, 2.45) is 5.92 Å². The summed E-state index contributed by atoms with van der Waals surface area (Å²) in [7, 11) is 0. The summed E-state index contributed by atoms with van der Waals surface area (Å²) in [5.41, 5.74) is 0.914. The molecule has 1 fully saturated rings. The summed E-state index contributed by atoms with van der Waals surface area (Å²) in [5.74, 6) is -0.472. The van der Waals surface area contributed by atoms with Crippen molar-refractivity contribution in [1.82, 2.24) is 4.98 Å². The number of carbonyl (C=O) groups is 1. The molecule has 1 aromatic rings. The van der Waals surface area contributed by atoms with E-state index in [2.05, 4.69) is 10.3 Å². The zero-order valence-corrected chi connectivity index (χ0v) is 9.56. The van der Waals surface area contributed by atoms with Gasteiger partial charge in [0.25, 0.3) is 0 Å². The van der Waals surface area contributed by atoms with Gasteiger partial charge in [0.15, 0.2) is 0 Å². The van der Waals surface area contributed by atoms with Gasteiger partial charge in [-0.05, 0) is 30.9 Å². The second kappa shape index (κ2) is 5.63. The number of carboxylic acid groups (broad SMARTS) is 1. The largest absolute Gasteiger partial charge is 0.477 e. The summed E-state index contributed by atoms with van der Waals surface area (Å²) < 4.78 is 5.39. The lowest BCUT2D eigenvalue weighted by molar-refractivity contribution is 0.0595. The third kappa shape index (κ3) is 3.42. The zero-order chi connectivity index (χ0) is 12.1. The first kappa shape index (κ1) is 11.9. The maximum Gasteiger partial charge on any atom is 0.354 e. The first-order chi connectivity index (χ1) is 8.25. The molecule has 2 N–H and O–H groups in total. The highest BCUT2D eigenvalue weighted by atomic mass is 16.5. The Morgan fingerprint density at radius 1 is 1.59 bits per heavy atom. The van der Waals surface area contributed by atoms with Gasteiger partial charge in [0.2, 0.25) is 0 Å². The molecule has 1 aromatic heterocycles. The van der Waals surface area contributed by atoms with Gasteiger partial charge in [-0.1, -0.05) is 0 Å². The molecule has 0 saturated carbocycles. The minimum Gasteiger partial charge on any atom is -0.477 e. The minimum absolute atomic E-state index is 0.0662. The number of pyridine rings is 1. The molecule has 0 aromatic carbocycles. The average molecular weight is 236 g/mol. The van der Waals surface area contributed by atoms with Crippen molar-refractivity contribution >= 4 is 11.7 Å². The molecule has 5 heteroatoms. The average Bonchev–Trinajstić information content (AvgIpc) is 2.38. The number of ether oxygens (including phenoxy) is 1. The Hall–Kier alpha value is -1.62. The van der Waals surface area contributed by atoms with Crippen LogP contribution in [0.25, 0.3) is 0 Å². The van der Waals surface area contributed by atoms with Gasteiger partial charge in [0.05, 0.1) is 18.5 Å². The van der Waals surface area contributed by atoms with Crippen LogP contribution in [0.1, 0.15) is 23.3 Å². The van der Waals surface area contributed by atoms with Crippen LogP contribution in [0.3, 0.4) is 0 Å². The first-order valence-corrected chi connectivity index (χ1v) is 5.76. The molecule has 92 valence electrons. The second-order valence-corrected chi connectivity index (χ2v) is 4.20. The maximum absolute atomic E-state index is 10.6. The molecule has 0 spiro atoms. The van der Waals surface area contributed by atoms with Crippen molar-refractivity contribution in [2.45, 2.75) is 12.8 Å². The normalized spacial score (nSPS) is 19.9. The van der Waals surface area contributed by atoms with E-state index < -0.39 is 5.97 Å². The minimum atomic E-state index is -1.00.